The molecule has 0 aliphatic heterocycles. The van der Waals surface area contributed by atoms with E-state index in [2.05, 4.69) is 0 Å². The molecule has 0 radical (unpaired) electrons. The molecule has 1 amide bonds. The molecule has 7 nitrogen and oxygen atoms in total. The zero-order chi connectivity index (χ0) is 25.8. The summed E-state index contributed by atoms with van der Waals surface area (Å²) < 4.78 is 3.63. The Morgan fingerprint density at radius 1 is 1.03 bits per heavy atom. The number of hydrogen-bond acceptors (Lipinski definition) is 4. The number of halogens is 2. The number of aryl methyl sites for hydroxylation is 1. The fourth-order valence-corrected chi connectivity index (χ4v) is 4.93. The van der Waals surface area contributed by atoms with Crippen LogP contribution in [0.5, 0.6) is 0 Å². The van der Waals surface area contributed by atoms with Gasteiger partial charge in [-0.05, 0) is 51.4 Å². The number of para-hydroxylation sites is 1. The average molecular weight is 528 g/mol. The highest BCUT2D eigenvalue weighted by Crippen LogP contribution is 2.31. The van der Waals surface area contributed by atoms with Crippen molar-refractivity contribution in [1.29, 1.82) is 0 Å². The Labute approximate surface area is 220 Å². The molecular formula is C27H31Cl2N5O2. The number of carbonyl (C=O) groups is 1. The van der Waals surface area contributed by atoms with Crippen LogP contribution in [0.2, 0.25) is 10.0 Å². The van der Waals surface area contributed by atoms with Crippen LogP contribution in [-0.2, 0) is 17.9 Å². The monoisotopic (exact) mass is 527 g/mol. The molecule has 4 aromatic rings. The molecule has 2 aromatic heterocycles. The zero-order valence-electron chi connectivity index (χ0n) is 20.6. The number of amides is 1. The number of aromatic nitrogens is 3. The molecule has 0 fully saturated rings. The highest BCUT2D eigenvalue weighted by atomic mass is 35.5. The lowest BCUT2D eigenvalue weighted by atomic mass is 10.1. The zero-order valence-corrected chi connectivity index (χ0v) is 22.1. The van der Waals surface area contributed by atoms with Crippen molar-refractivity contribution < 1.29 is 4.79 Å². The third kappa shape index (κ3) is 5.14. The van der Waals surface area contributed by atoms with E-state index >= 15 is 0 Å². The molecule has 190 valence electrons. The van der Waals surface area contributed by atoms with Crippen LogP contribution in [0, 0.1) is 0 Å². The quantitative estimate of drug-likeness (QED) is 0.282. The van der Waals surface area contributed by atoms with Gasteiger partial charge in [-0.3, -0.25) is 9.59 Å². The van der Waals surface area contributed by atoms with E-state index in [1.807, 2.05) is 48.9 Å². The van der Waals surface area contributed by atoms with E-state index in [1.54, 1.807) is 21.6 Å². The largest absolute Gasteiger partial charge is 0.342 e. The first-order chi connectivity index (χ1) is 17.4. The topological polar surface area (TPSA) is 86.2 Å². The molecule has 36 heavy (non-hydrogen) atoms. The van der Waals surface area contributed by atoms with Gasteiger partial charge in [0.15, 0.2) is 0 Å². The first-order valence-electron chi connectivity index (χ1n) is 12.3. The maximum absolute atomic E-state index is 13.8. The van der Waals surface area contributed by atoms with Crippen molar-refractivity contribution in [2.24, 2.45) is 5.73 Å². The number of nitrogens with zero attached hydrogens (tertiary/aromatic N) is 4. The van der Waals surface area contributed by atoms with Gasteiger partial charge in [0.05, 0.1) is 21.1 Å². The van der Waals surface area contributed by atoms with Crippen molar-refractivity contribution >= 4 is 51.0 Å². The highest BCUT2D eigenvalue weighted by molar-refractivity contribution is 6.42. The predicted molar refractivity (Wildman–Crippen MR) is 148 cm³/mol. The number of likely N-dealkylation sites (N-methyl/N-ethyl adjacent to an activating group) is 1. The molecule has 9 heteroatoms. The smallest absolute Gasteiger partial charge is 0.277 e. The van der Waals surface area contributed by atoms with Crippen molar-refractivity contribution in [2.45, 2.75) is 46.2 Å². The molecular weight excluding hydrogens is 497 g/mol. The van der Waals surface area contributed by atoms with E-state index in [0.29, 0.717) is 58.5 Å². The van der Waals surface area contributed by atoms with Gasteiger partial charge in [-0.1, -0.05) is 47.8 Å². The minimum absolute atomic E-state index is 0.0255. The van der Waals surface area contributed by atoms with Gasteiger partial charge in [0.1, 0.15) is 12.2 Å². The van der Waals surface area contributed by atoms with Crippen LogP contribution in [0.15, 0.2) is 47.4 Å². The summed E-state index contributed by atoms with van der Waals surface area (Å²) in [7, 11) is 0. The molecule has 0 spiro atoms. The average Bonchev–Trinajstić information content (AvgIpc) is 3.23. The van der Waals surface area contributed by atoms with Gasteiger partial charge < -0.3 is 19.8 Å². The van der Waals surface area contributed by atoms with E-state index < -0.39 is 0 Å². The lowest BCUT2D eigenvalue weighted by Crippen LogP contribution is -2.33. The van der Waals surface area contributed by atoms with Gasteiger partial charge in [-0.2, -0.15) is 0 Å². The molecule has 0 bridgehead atoms. The lowest BCUT2D eigenvalue weighted by molar-refractivity contribution is -0.131. The van der Waals surface area contributed by atoms with E-state index in [1.165, 1.54) is 0 Å². The number of fused-ring (bicyclic) bond motifs is 2. The van der Waals surface area contributed by atoms with Crippen molar-refractivity contribution in [3.63, 3.8) is 0 Å². The number of nitrogens with two attached hydrogens (primary N) is 1. The Kier molecular flexibility index (Phi) is 8.34. The number of hydrogen-bond donors (Lipinski definition) is 1. The molecule has 0 aliphatic rings. The maximum Gasteiger partial charge on any atom is 0.277 e. The third-order valence-corrected chi connectivity index (χ3v) is 7.26. The Balaban J connectivity index is 1.89. The van der Waals surface area contributed by atoms with Gasteiger partial charge in [0.25, 0.3) is 5.56 Å². The lowest BCUT2D eigenvalue weighted by Gasteiger charge is -2.19. The van der Waals surface area contributed by atoms with Crippen LogP contribution < -0.4 is 11.3 Å². The Hall–Kier alpha value is -2.87. The molecule has 0 saturated heterocycles. The van der Waals surface area contributed by atoms with Gasteiger partial charge in [-0.25, -0.2) is 4.98 Å². The summed E-state index contributed by atoms with van der Waals surface area (Å²) in [6.07, 6.45) is 4.47. The van der Waals surface area contributed by atoms with Crippen LogP contribution in [-0.4, -0.2) is 44.6 Å². The predicted octanol–water partition coefficient (Wildman–Crippen LogP) is 5.32. The standard InChI is InChI=1S/C27H31Cl2N5O2/c1-3-32(4-2)25(35)17-33-16-19(18-10-6-7-11-23(18)33)26-27(36)34(13-9-5-8-12-30)24-15-21(29)20(28)14-22(24)31-26/h6-7,10-11,14-16H,3-5,8-9,12-13,17,30H2,1-2H3. The van der Waals surface area contributed by atoms with Crippen LogP contribution in [0.1, 0.15) is 33.1 Å². The summed E-state index contributed by atoms with van der Waals surface area (Å²) in [5.41, 5.74) is 8.57. The third-order valence-electron chi connectivity index (χ3n) is 6.54. The maximum atomic E-state index is 13.8. The fourth-order valence-electron chi connectivity index (χ4n) is 4.61. The van der Waals surface area contributed by atoms with Crippen LogP contribution in [0.4, 0.5) is 0 Å². The Morgan fingerprint density at radius 3 is 2.47 bits per heavy atom. The number of unbranched alkanes of at least 4 members (excludes halogenated alkanes) is 2. The van der Waals surface area contributed by atoms with Crippen molar-refractivity contribution in [2.75, 3.05) is 19.6 Å². The molecule has 4 rings (SSSR count). The number of benzene rings is 2. The highest BCUT2D eigenvalue weighted by Gasteiger charge is 2.20. The molecule has 0 atom stereocenters. The summed E-state index contributed by atoms with van der Waals surface area (Å²) in [4.78, 5) is 33.3. The van der Waals surface area contributed by atoms with E-state index in [9.17, 15) is 9.59 Å². The SMILES string of the molecule is CCN(CC)C(=O)Cn1cc(-c2nc3cc(Cl)c(Cl)cc3n(CCCCCN)c2=O)c2ccccc21. The first-order valence-corrected chi connectivity index (χ1v) is 13.1. The normalized spacial score (nSPS) is 11.5. The van der Waals surface area contributed by atoms with Crippen LogP contribution >= 0.6 is 23.2 Å². The van der Waals surface area contributed by atoms with E-state index in [0.717, 1.165) is 30.2 Å². The van der Waals surface area contributed by atoms with Gasteiger partial charge in [0, 0.05) is 42.3 Å². The minimum atomic E-state index is -0.202. The molecule has 2 aromatic carbocycles. The molecule has 2 N–H and O–H groups in total. The number of carbonyl (C=O) groups excluding carboxylic acids is 1. The van der Waals surface area contributed by atoms with Crippen molar-refractivity contribution in [3.8, 4) is 11.3 Å². The molecule has 2 heterocycles. The second-order valence-electron chi connectivity index (χ2n) is 8.78. The summed E-state index contributed by atoms with van der Waals surface area (Å²) in [6.45, 7) is 6.54. The van der Waals surface area contributed by atoms with Crippen LogP contribution in [0.25, 0.3) is 33.2 Å². The summed E-state index contributed by atoms with van der Waals surface area (Å²) in [6, 6.07) is 11.2. The van der Waals surface area contributed by atoms with Crippen molar-refractivity contribution in [3.05, 3.63) is 63.0 Å². The van der Waals surface area contributed by atoms with E-state index in [4.69, 9.17) is 33.9 Å². The van der Waals surface area contributed by atoms with Crippen LogP contribution in [0.3, 0.4) is 0 Å². The Bertz CT molecular complexity index is 1460. The molecule has 0 unspecified atom stereocenters. The summed E-state index contributed by atoms with van der Waals surface area (Å²) in [5.74, 6) is 0.0255. The summed E-state index contributed by atoms with van der Waals surface area (Å²) in [5, 5.41) is 1.62. The second kappa shape index (κ2) is 11.5. The summed E-state index contributed by atoms with van der Waals surface area (Å²) >= 11 is 12.6. The minimum Gasteiger partial charge on any atom is -0.342 e. The molecule has 0 saturated carbocycles. The van der Waals surface area contributed by atoms with Crippen molar-refractivity contribution in [1.82, 2.24) is 19.0 Å². The van der Waals surface area contributed by atoms with Gasteiger partial charge in [-0.15, -0.1) is 0 Å². The van der Waals surface area contributed by atoms with Gasteiger partial charge >= 0.3 is 0 Å². The molecule has 0 aliphatic carbocycles. The Morgan fingerprint density at radius 2 is 1.75 bits per heavy atom. The fraction of sp³-hybridized carbons (Fsp3) is 0.370. The number of rotatable bonds is 10. The van der Waals surface area contributed by atoms with E-state index in [-0.39, 0.29) is 18.0 Å². The van der Waals surface area contributed by atoms with Gasteiger partial charge in [0.2, 0.25) is 5.91 Å². The second-order valence-corrected chi connectivity index (χ2v) is 9.59. The first kappa shape index (κ1) is 26.2.